The van der Waals surface area contributed by atoms with E-state index in [9.17, 15) is 4.79 Å². The lowest BCUT2D eigenvalue weighted by molar-refractivity contribution is -0.133. The maximum absolute atomic E-state index is 12.6. The molecule has 1 saturated carbocycles. The summed E-state index contributed by atoms with van der Waals surface area (Å²) in [4.78, 5) is 14.6. The molecule has 0 spiro atoms. The van der Waals surface area contributed by atoms with Gasteiger partial charge in [0.2, 0.25) is 5.91 Å². The highest BCUT2D eigenvalue weighted by Gasteiger charge is 2.47. The van der Waals surface area contributed by atoms with Crippen LogP contribution in [-0.2, 0) is 4.79 Å². The zero-order chi connectivity index (χ0) is 15.6. The first-order valence-electron chi connectivity index (χ1n) is 8.17. The molecule has 1 saturated heterocycles. The number of aromatic nitrogens is 2. The highest BCUT2D eigenvalue weighted by molar-refractivity contribution is 5.83. The van der Waals surface area contributed by atoms with Crippen LogP contribution in [0.4, 0.5) is 5.82 Å². The van der Waals surface area contributed by atoms with Gasteiger partial charge in [0.1, 0.15) is 11.6 Å². The van der Waals surface area contributed by atoms with Crippen LogP contribution >= 0.6 is 0 Å². The van der Waals surface area contributed by atoms with Crippen molar-refractivity contribution in [1.29, 1.82) is 0 Å². The summed E-state index contributed by atoms with van der Waals surface area (Å²) in [6, 6.07) is 8.00. The molecular weight excluding hydrogens is 292 g/mol. The normalized spacial score (nSPS) is 24.4. The molecule has 1 aliphatic heterocycles. The van der Waals surface area contributed by atoms with E-state index in [1.54, 1.807) is 12.5 Å². The van der Waals surface area contributed by atoms with Crippen molar-refractivity contribution >= 4 is 11.7 Å². The van der Waals surface area contributed by atoms with E-state index in [-0.39, 0.29) is 17.7 Å². The zero-order valence-electron chi connectivity index (χ0n) is 12.9. The number of hydrogen-bond acceptors (Lipinski definition) is 5. The van der Waals surface area contributed by atoms with Gasteiger partial charge in [-0.1, -0.05) is 0 Å². The third-order valence-corrected chi connectivity index (χ3v) is 4.75. The van der Waals surface area contributed by atoms with Crippen LogP contribution in [0, 0.1) is 5.92 Å². The van der Waals surface area contributed by atoms with E-state index >= 15 is 0 Å². The second-order valence-corrected chi connectivity index (χ2v) is 6.32. The molecule has 2 aromatic heterocycles. The van der Waals surface area contributed by atoms with Crippen LogP contribution < -0.4 is 5.32 Å². The Balaban J connectivity index is 1.28. The van der Waals surface area contributed by atoms with Crippen LogP contribution in [0.25, 0.3) is 0 Å². The maximum Gasteiger partial charge on any atom is 0.226 e. The van der Waals surface area contributed by atoms with E-state index in [1.165, 1.54) is 0 Å². The Morgan fingerprint density at radius 3 is 2.83 bits per heavy atom. The van der Waals surface area contributed by atoms with Gasteiger partial charge in [-0.2, -0.15) is 5.10 Å². The van der Waals surface area contributed by atoms with Crippen LogP contribution in [0.2, 0.25) is 0 Å². The quantitative estimate of drug-likeness (QED) is 0.938. The van der Waals surface area contributed by atoms with Crippen molar-refractivity contribution in [3.63, 3.8) is 0 Å². The van der Waals surface area contributed by atoms with E-state index in [0.717, 1.165) is 43.9 Å². The molecule has 2 aliphatic rings. The van der Waals surface area contributed by atoms with Crippen LogP contribution in [0.5, 0.6) is 0 Å². The van der Waals surface area contributed by atoms with Crippen LogP contribution in [0.1, 0.15) is 30.9 Å². The molecule has 2 atom stereocenters. The van der Waals surface area contributed by atoms with Crippen molar-refractivity contribution in [2.45, 2.75) is 31.2 Å². The van der Waals surface area contributed by atoms with Gasteiger partial charge in [0.25, 0.3) is 0 Å². The molecule has 23 heavy (non-hydrogen) atoms. The molecule has 0 bridgehead atoms. The SMILES string of the molecule is O=C([C@H]1C[C@H]1c1ccco1)N1CCC(Nc2cccnn2)CC1. The van der Waals surface area contributed by atoms with Gasteiger partial charge in [-0.15, -0.1) is 5.10 Å². The molecule has 1 aliphatic carbocycles. The lowest BCUT2D eigenvalue weighted by Gasteiger charge is -2.32. The topological polar surface area (TPSA) is 71.3 Å². The van der Waals surface area contributed by atoms with Gasteiger partial charge in [0.15, 0.2) is 0 Å². The lowest BCUT2D eigenvalue weighted by Crippen LogP contribution is -2.43. The summed E-state index contributed by atoms with van der Waals surface area (Å²) in [6.07, 6.45) is 6.15. The summed E-state index contributed by atoms with van der Waals surface area (Å²) in [5.41, 5.74) is 0. The molecule has 2 fully saturated rings. The molecular formula is C17H20N4O2. The van der Waals surface area contributed by atoms with Crippen molar-refractivity contribution in [3.05, 3.63) is 42.5 Å². The number of carbonyl (C=O) groups excluding carboxylic acids is 1. The second kappa shape index (κ2) is 6.02. The molecule has 6 nitrogen and oxygen atoms in total. The number of anilines is 1. The molecule has 3 heterocycles. The monoisotopic (exact) mass is 312 g/mol. The first-order chi connectivity index (χ1) is 11.3. The molecule has 0 aromatic carbocycles. The Kier molecular flexibility index (Phi) is 3.73. The summed E-state index contributed by atoms with van der Waals surface area (Å²) in [6.45, 7) is 1.61. The minimum Gasteiger partial charge on any atom is -0.469 e. The van der Waals surface area contributed by atoms with Crippen LogP contribution in [0.3, 0.4) is 0 Å². The Morgan fingerprint density at radius 2 is 2.13 bits per heavy atom. The minimum absolute atomic E-state index is 0.116. The number of amides is 1. The van der Waals surface area contributed by atoms with Gasteiger partial charge in [0, 0.05) is 37.2 Å². The van der Waals surface area contributed by atoms with Gasteiger partial charge in [0.05, 0.1) is 6.26 Å². The minimum atomic E-state index is 0.116. The molecule has 120 valence electrons. The largest absolute Gasteiger partial charge is 0.469 e. The molecule has 1 N–H and O–H groups in total. The number of hydrogen-bond donors (Lipinski definition) is 1. The highest BCUT2D eigenvalue weighted by atomic mass is 16.3. The standard InChI is InChI=1S/C17H20N4O2/c22-17(14-11-13(14)15-3-2-10-23-15)21-8-5-12(6-9-21)19-16-4-1-7-18-20-16/h1-4,7,10,12-14H,5-6,8-9,11H2,(H,19,20)/t13-,14+/m1/s1. The third-order valence-electron chi connectivity index (χ3n) is 4.75. The predicted octanol–water partition coefficient (Wildman–Crippen LogP) is 2.28. The number of likely N-dealkylation sites (tertiary alicyclic amines) is 1. The number of furan rings is 1. The Labute approximate surface area is 134 Å². The van der Waals surface area contributed by atoms with Crippen LogP contribution in [-0.4, -0.2) is 40.1 Å². The van der Waals surface area contributed by atoms with Crippen molar-refractivity contribution in [3.8, 4) is 0 Å². The van der Waals surface area contributed by atoms with Crippen molar-refractivity contribution < 1.29 is 9.21 Å². The highest BCUT2D eigenvalue weighted by Crippen LogP contribution is 2.48. The zero-order valence-corrected chi connectivity index (χ0v) is 12.9. The summed E-state index contributed by atoms with van der Waals surface area (Å²) in [7, 11) is 0. The number of carbonyl (C=O) groups is 1. The molecule has 2 aromatic rings. The van der Waals surface area contributed by atoms with Gasteiger partial charge in [-0.25, -0.2) is 0 Å². The lowest BCUT2D eigenvalue weighted by atomic mass is 10.0. The third kappa shape index (κ3) is 3.06. The van der Waals surface area contributed by atoms with Gasteiger partial charge in [-0.05, 0) is 43.5 Å². The summed E-state index contributed by atoms with van der Waals surface area (Å²) in [5, 5.41) is 11.3. The van der Waals surface area contributed by atoms with E-state index < -0.39 is 0 Å². The summed E-state index contributed by atoms with van der Waals surface area (Å²) < 4.78 is 5.42. The van der Waals surface area contributed by atoms with Gasteiger partial charge in [-0.3, -0.25) is 4.79 Å². The Bertz CT molecular complexity index is 650. The van der Waals surface area contributed by atoms with E-state index in [4.69, 9.17) is 4.42 Å². The van der Waals surface area contributed by atoms with Crippen molar-refractivity contribution in [2.75, 3.05) is 18.4 Å². The Morgan fingerprint density at radius 1 is 1.26 bits per heavy atom. The molecule has 0 radical (unpaired) electrons. The number of rotatable bonds is 4. The summed E-state index contributed by atoms with van der Waals surface area (Å²) in [5.74, 6) is 2.43. The first-order valence-corrected chi connectivity index (χ1v) is 8.17. The Hall–Kier alpha value is -2.37. The van der Waals surface area contributed by atoms with Crippen molar-refractivity contribution in [2.24, 2.45) is 5.92 Å². The van der Waals surface area contributed by atoms with E-state index in [2.05, 4.69) is 15.5 Å². The van der Waals surface area contributed by atoms with E-state index in [0.29, 0.717) is 6.04 Å². The number of nitrogens with one attached hydrogen (secondary N) is 1. The predicted molar refractivity (Wildman–Crippen MR) is 84.8 cm³/mol. The van der Waals surface area contributed by atoms with Gasteiger partial charge >= 0.3 is 0 Å². The summed E-state index contributed by atoms with van der Waals surface area (Å²) >= 11 is 0. The second-order valence-electron chi connectivity index (χ2n) is 6.32. The van der Waals surface area contributed by atoms with Gasteiger partial charge < -0.3 is 14.6 Å². The average Bonchev–Trinajstić information content (AvgIpc) is 3.21. The van der Waals surface area contributed by atoms with E-state index in [1.807, 2.05) is 29.2 Å². The molecule has 4 rings (SSSR count). The fraction of sp³-hybridized carbons (Fsp3) is 0.471. The first kappa shape index (κ1) is 14.2. The number of piperidine rings is 1. The van der Waals surface area contributed by atoms with Crippen molar-refractivity contribution in [1.82, 2.24) is 15.1 Å². The maximum atomic E-state index is 12.6. The molecule has 0 unspecified atom stereocenters. The smallest absolute Gasteiger partial charge is 0.226 e. The molecule has 6 heteroatoms. The average molecular weight is 312 g/mol. The van der Waals surface area contributed by atoms with Crippen LogP contribution in [0.15, 0.2) is 41.1 Å². The molecule has 1 amide bonds. The number of nitrogens with zero attached hydrogens (tertiary/aromatic N) is 3. The fourth-order valence-corrected chi connectivity index (χ4v) is 3.35. The fourth-order valence-electron chi connectivity index (χ4n) is 3.35.